The third kappa shape index (κ3) is 2.56. The van der Waals surface area contributed by atoms with E-state index in [9.17, 15) is 0 Å². The summed E-state index contributed by atoms with van der Waals surface area (Å²) in [6.07, 6.45) is 1.35. The van der Waals surface area contributed by atoms with Crippen LogP contribution < -0.4 is 5.32 Å². The number of rotatable bonds is 2. The molecule has 2 saturated heterocycles. The lowest BCUT2D eigenvalue weighted by atomic mass is 9.88. The molecule has 2 nitrogen and oxygen atoms in total. The summed E-state index contributed by atoms with van der Waals surface area (Å²) in [6.45, 7) is 8.17. The van der Waals surface area contributed by atoms with Crippen LogP contribution in [-0.2, 0) is 6.54 Å². The molecule has 0 bridgehead atoms. The molecule has 0 saturated carbocycles. The molecule has 98 valence electrons. The number of benzene rings is 1. The number of hydrogen-bond donors (Lipinski definition) is 1. The van der Waals surface area contributed by atoms with Crippen LogP contribution in [0.1, 0.15) is 17.5 Å². The number of piperidine rings is 1. The van der Waals surface area contributed by atoms with Crippen LogP contribution in [0.3, 0.4) is 0 Å². The van der Waals surface area contributed by atoms with E-state index in [2.05, 4.69) is 29.3 Å². The van der Waals surface area contributed by atoms with E-state index >= 15 is 0 Å². The third-order valence-electron chi connectivity index (χ3n) is 4.49. The topological polar surface area (TPSA) is 15.3 Å². The molecule has 0 aliphatic carbocycles. The van der Waals surface area contributed by atoms with Crippen LogP contribution in [0.5, 0.6) is 0 Å². The average Bonchev–Trinajstić information content (AvgIpc) is 2.80. The van der Waals surface area contributed by atoms with E-state index in [0.717, 1.165) is 23.4 Å². The smallest absolute Gasteiger partial charge is 0.0408 e. The Hall–Kier alpha value is -0.570. The number of fused-ring (bicyclic) bond motifs is 1. The molecule has 0 spiro atoms. The Morgan fingerprint density at radius 2 is 2.17 bits per heavy atom. The van der Waals surface area contributed by atoms with E-state index in [1.54, 1.807) is 0 Å². The second kappa shape index (κ2) is 5.20. The van der Waals surface area contributed by atoms with Crippen molar-refractivity contribution in [1.82, 2.24) is 10.2 Å². The van der Waals surface area contributed by atoms with Crippen LogP contribution in [0.25, 0.3) is 0 Å². The summed E-state index contributed by atoms with van der Waals surface area (Å²) in [5.74, 6) is 1.79. The quantitative estimate of drug-likeness (QED) is 0.884. The van der Waals surface area contributed by atoms with Gasteiger partial charge in [0.05, 0.1) is 0 Å². The molecule has 2 heterocycles. The molecule has 2 aliphatic rings. The normalized spacial score (nSPS) is 28.3. The minimum atomic E-state index is 0.843. The van der Waals surface area contributed by atoms with E-state index in [1.165, 1.54) is 43.7 Å². The zero-order valence-corrected chi connectivity index (χ0v) is 11.7. The maximum Gasteiger partial charge on any atom is 0.0408 e. The van der Waals surface area contributed by atoms with Gasteiger partial charge in [-0.05, 0) is 68.1 Å². The fourth-order valence-corrected chi connectivity index (χ4v) is 3.56. The lowest BCUT2D eigenvalue weighted by Crippen LogP contribution is -2.39. The van der Waals surface area contributed by atoms with E-state index in [1.807, 2.05) is 6.07 Å². The minimum absolute atomic E-state index is 0.843. The van der Waals surface area contributed by atoms with Crippen LogP contribution in [0.15, 0.2) is 18.2 Å². The summed E-state index contributed by atoms with van der Waals surface area (Å²) in [7, 11) is 0. The zero-order valence-electron chi connectivity index (χ0n) is 11.0. The van der Waals surface area contributed by atoms with Crippen molar-refractivity contribution in [2.24, 2.45) is 11.8 Å². The third-order valence-corrected chi connectivity index (χ3v) is 4.72. The maximum atomic E-state index is 6.01. The number of likely N-dealkylation sites (tertiary alicyclic amines) is 1. The highest BCUT2D eigenvalue weighted by molar-refractivity contribution is 6.30. The van der Waals surface area contributed by atoms with Gasteiger partial charge in [-0.3, -0.25) is 4.90 Å². The lowest BCUT2D eigenvalue weighted by molar-refractivity contribution is 0.142. The van der Waals surface area contributed by atoms with Crippen LogP contribution in [-0.4, -0.2) is 31.1 Å². The highest BCUT2D eigenvalue weighted by atomic mass is 35.5. The van der Waals surface area contributed by atoms with Crippen molar-refractivity contribution in [3.8, 4) is 0 Å². The van der Waals surface area contributed by atoms with Gasteiger partial charge in [0.2, 0.25) is 0 Å². The van der Waals surface area contributed by atoms with Crippen molar-refractivity contribution in [2.75, 3.05) is 26.2 Å². The van der Waals surface area contributed by atoms with E-state index in [0.29, 0.717) is 0 Å². The number of hydrogen-bond acceptors (Lipinski definition) is 2. The Balaban J connectivity index is 1.66. The van der Waals surface area contributed by atoms with Gasteiger partial charge >= 0.3 is 0 Å². The fraction of sp³-hybridized carbons (Fsp3) is 0.600. The Kier molecular flexibility index (Phi) is 3.60. The molecule has 2 fully saturated rings. The van der Waals surface area contributed by atoms with Crippen molar-refractivity contribution in [2.45, 2.75) is 19.9 Å². The first-order valence-corrected chi connectivity index (χ1v) is 7.28. The molecule has 0 radical (unpaired) electrons. The Bertz CT molecular complexity index is 433. The lowest BCUT2D eigenvalue weighted by Gasteiger charge is -2.34. The van der Waals surface area contributed by atoms with Gasteiger partial charge in [0, 0.05) is 18.1 Å². The van der Waals surface area contributed by atoms with Crippen LogP contribution in [0.4, 0.5) is 0 Å². The summed E-state index contributed by atoms with van der Waals surface area (Å²) in [5, 5.41) is 4.37. The van der Waals surface area contributed by atoms with E-state index in [-0.39, 0.29) is 0 Å². The van der Waals surface area contributed by atoms with Gasteiger partial charge in [-0.15, -0.1) is 0 Å². The van der Waals surface area contributed by atoms with Crippen molar-refractivity contribution >= 4 is 11.6 Å². The average molecular weight is 265 g/mol. The second-order valence-electron chi connectivity index (χ2n) is 5.77. The molecule has 18 heavy (non-hydrogen) atoms. The fourth-order valence-electron chi connectivity index (χ4n) is 3.33. The molecule has 2 aliphatic heterocycles. The van der Waals surface area contributed by atoms with Gasteiger partial charge in [-0.25, -0.2) is 0 Å². The maximum absolute atomic E-state index is 6.01. The summed E-state index contributed by atoms with van der Waals surface area (Å²) in [4.78, 5) is 2.60. The van der Waals surface area contributed by atoms with Gasteiger partial charge in [0.15, 0.2) is 0 Å². The molecule has 2 unspecified atom stereocenters. The SMILES string of the molecule is Cc1cc(Cl)ccc1CN1CCC2CNCC2C1. The van der Waals surface area contributed by atoms with Gasteiger partial charge in [0.1, 0.15) is 0 Å². The predicted molar refractivity (Wildman–Crippen MR) is 75.9 cm³/mol. The van der Waals surface area contributed by atoms with Crippen LogP contribution >= 0.6 is 11.6 Å². The van der Waals surface area contributed by atoms with Crippen LogP contribution in [0.2, 0.25) is 5.02 Å². The van der Waals surface area contributed by atoms with Crippen LogP contribution in [0, 0.1) is 18.8 Å². The van der Waals surface area contributed by atoms with Crippen molar-refractivity contribution in [3.63, 3.8) is 0 Å². The predicted octanol–water partition coefficient (Wildman–Crippen LogP) is 2.69. The van der Waals surface area contributed by atoms with Crippen molar-refractivity contribution in [1.29, 1.82) is 0 Å². The zero-order chi connectivity index (χ0) is 12.5. The van der Waals surface area contributed by atoms with Crippen molar-refractivity contribution < 1.29 is 0 Å². The number of nitrogens with one attached hydrogen (secondary N) is 1. The van der Waals surface area contributed by atoms with Crippen molar-refractivity contribution in [3.05, 3.63) is 34.3 Å². The molecule has 1 aromatic carbocycles. The standard InChI is InChI=1S/C15H21ClN2/c1-11-6-15(16)3-2-13(11)9-18-5-4-12-7-17-8-14(12)10-18/h2-3,6,12,14,17H,4-5,7-10H2,1H3. The number of aryl methyl sites for hydroxylation is 1. The molecule has 1 N–H and O–H groups in total. The van der Waals surface area contributed by atoms with Gasteiger partial charge < -0.3 is 5.32 Å². The Labute approximate surface area is 114 Å². The Morgan fingerprint density at radius 3 is 3.00 bits per heavy atom. The monoisotopic (exact) mass is 264 g/mol. The summed E-state index contributed by atoms with van der Waals surface area (Å²) >= 11 is 6.01. The molecule has 3 heteroatoms. The summed E-state index contributed by atoms with van der Waals surface area (Å²) < 4.78 is 0. The highest BCUT2D eigenvalue weighted by Crippen LogP contribution is 2.28. The summed E-state index contributed by atoms with van der Waals surface area (Å²) in [6, 6.07) is 6.26. The first-order chi connectivity index (χ1) is 8.72. The minimum Gasteiger partial charge on any atom is -0.316 e. The van der Waals surface area contributed by atoms with E-state index in [4.69, 9.17) is 11.6 Å². The summed E-state index contributed by atoms with van der Waals surface area (Å²) in [5.41, 5.74) is 2.73. The largest absolute Gasteiger partial charge is 0.316 e. The molecule has 0 amide bonds. The van der Waals surface area contributed by atoms with Gasteiger partial charge in [0.25, 0.3) is 0 Å². The highest BCUT2D eigenvalue weighted by Gasteiger charge is 2.32. The Morgan fingerprint density at radius 1 is 1.33 bits per heavy atom. The first-order valence-electron chi connectivity index (χ1n) is 6.90. The number of halogens is 1. The first kappa shape index (κ1) is 12.5. The molecular weight excluding hydrogens is 244 g/mol. The molecule has 0 aromatic heterocycles. The number of nitrogens with zero attached hydrogens (tertiary/aromatic N) is 1. The molecule has 3 rings (SSSR count). The van der Waals surface area contributed by atoms with E-state index < -0.39 is 0 Å². The second-order valence-corrected chi connectivity index (χ2v) is 6.21. The molecular formula is C15H21ClN2. The van der Waals surface area contributed by atoms with Gasteiger partial charge in [-0.2, -0.15) is 0 Å². The molecule has 1 aromatic rings. The molecule has 2 atom stereocenters. The van der Waals surface area contributed by atoms with Gasteiger partial charge in [-0.1, -0.05) is 17.7 Å².